The van der Waals surface area contributed by atoms with Crippen molar-refractivity contribution in [2.24, 2.45) is 0 Å². The second kappa shape index (κ2) is 4.93. The molecule has 0 aliphatic heterocycles. The number of aromatic nitrogens is 2. The summed E-state index contributed by atoms with van der Waals surface area (Å²) in [5.41, 5.74) is 0.970. The Labute approximate surface area is 107 Å². The van der Waals surface area contributed by atoms with Crippen LogP contribution < -0.4 is 5.32 Å². The van der Waals surface area contributed by atoms with Crippen LogP contribution in [0, 0.1) is 0 Å². The van der Waals surface area contributed by atoms with Crippen molar-refractivity contribution in [2.75, 3.05) is 12.4 Å². The zero-order valence-electron chi connectivity index (χ0n) is 9.12. The van der Waals surface area contributed by atoms with Crippen LogP contribution in [-0.2, 0) is 6.42 Å². The Morgan fingerprint density at radius 1 is 1.44 bits per heavy atom. The number of nitrogens with one attached hydrogen (secondary N) is 1. The van der Waals surface area contributed by atoms with Crippen LogP contribution in [0.25, 0.3) is 10.6 Å². The number of rotatable bonds is 3. The number of anilines is 1. The minimum atomic E-state index is 0.839. The predicted octanol–water partition coefficient (Wildman–Crippen LogP) is 3.57. The summed E-state index contributed by atoms with van der Waals surface area (Å²) in [7, 11) is 1.87. The van der Waals surface area contributed by atoms with Gasteiger partial charge in [0, 0.05) is 24.0 Å². The number of thiophene rings is 1. The molecule has 0 bridgehead atoms. The Bertz CT molecular complexity index is 473. The number of halogens is 1. The van der Waals surface area contributed by atoms with E-state index < -0.39 is 0 Å². The summed E-state index contributed by atoms with van der Waals surface area (Å²) in [5.74, 6) is 1.73. The first-order chi connectivity index (χ1) is 7.74. The van der Waals surface area contributed by atoms with Gasteiger partial charge in [0.05, 0.1) is 10.6 Å². The molecule has 0 aromatic carbocycles. The first kappa shape index (κ1) is 11.5. The molecule has 2 aromatic heterocycles. The lowest BCUT2D eigenvalue weighted by Gasteiger charge is -2.05. The first-order valence-electron chi connectivity index (χ1n) is 5.03. The summed E-state index contributed by atoms with van der Waals surface area (Å²) < 4.78 is 1.08. The van der Waals surface area contributed by atoms with Gasteiger partial charge in [-0.1, -0.05) is 6.92 Å². The summed E-state index contributed by atoms with van der Waals surface area (Å²) in [6, 6.07) is 4.00. The Hall–Kier alpha value is -0.940. The topological polar surface area (TPSA) is 37.8 Å². The Morgan fingerprint density at radius 3 is 2.81 bits per heavy atom. The van der Waals surface area contributed by atoms with Gasteiger partial charge in [-0.25, -0.2) is 9.97 Å². The van der Waals surface area contributed by atoms with Gasteiger partial charge >= 0.3 is 0 Å². The van der Waals surface area contributed by atoms with E-state index in [1.807, 2.05) is 24.6 Å². The smallest absolute Gasteiger partial charge is 0.131 e. The van der Waals surface area contributed by atoms with Crippen molar-refractivity contribution in [2.45, 2.75) is 13.3 Å². The Morgan fingerprint density at radius 2 is 2.25 bits per heavy atom. The molecule has 0 fully saturated rings. The largest absolute Gasteiger partial charge is 0.373 e. The molecule has 5 heteroatoms. The van der Waals surface area contributed by atoms with Crippen LogP contribution in [-0.4, -0.2) is 17.0 Å². The van der Waals surface area contributed by atoms with E-state index in [9.17, 15) is 0 Å². The average Bonchev–Trinajstić information content (AvgIpc) is 2.74. The summed E-state index contributed by atoms with van der Waals surface area (Å²) >= 11 is 5.20. The van der Waals surface area contributed by atoms with Gasteiger partial charge in [-0.2, -0.15) is 0 Å². The zero-order valence-corrected chi connectivity index (χ0v) is 11.5. The highest BCUT2D eigenvalue weighted by atomic mass is 79.9. The van der Waals surface area contributed by atoms with Crippen LogP contribution in [0.5, 0.6) is 0 Å². The molecule has 0 saturated carbocycles. The van der Waals surface area contributed by atoms with Crippen molar-refractivity contribution in [3.8, 4) is 10.6 Å². The van der Waals surface area contributed by atoms with E-state index in [0.29, 0.717) is 0 Å². The molecule has 3 nitrogen and oxygen atoms in total. The van der Waals surface area contributed by atoms with Gasteiger partial charge < -0.3 is 5.32 Å². The normalized spacial score (nSPS) is 10.4. The van der Waals surface area contributed by atoms with Gasteiger partial charge in [0.25, 0.3) is 0 Å². The molecule has 0 atom stereocenters. The number of hydrogen-bond donors (Lipinski definition) is 1. The van der Waals surface area contributed by atoms with Crippen molar-refractivity contribution in [1.82, 2.24) is 9.97 Å². The molecule has 2 aromatic rings. The molecule has 1 N–H and O–H groups in total. The van der Waals surface area contributed by atoms with E-state index in [2.05, 4.69) is 38.1 Å². The molecule has 0 spiro atoms. The van der Waals surface area contributed by atoms with Gasteiger partial charge in [-0.15, -0.1) is 11.3 Å². The van der Waals surface area contributed by atoms with Crippen LogP contribution in [0.15, 0.2) is 22.0 Å². The maximum atomic E-state index is 4.53. The third-order valence-electron chi connectivity index (χ3n) is 2.19. The van der Waals surface area contributed by atoms with Crippen LogP contribution in [0.3, 0.4) is 0 Å². The third-order valence-corrected chi connectivity index (χ3v) is 4.05. The molecular weight excluding hydrogens is 286 g/mol. The average molecular weight is 298 g/mol. The molecule has 0 aliphatic carbocycles. The number of aryl methyl sites for hydroxylation is 1. The lowest BCUT2D eigenvalue weighted by Crippen LogP contribution is -2.00. The van der Waals surface area contributed by atoms with Crippen molar-refractivity contribution in [3.05, 3.63) is 27.8 Å². The maximum absolute atomic E-state index is 4.53. The highest BCUT2D eigenvalue weighted by Crippen LogP contribution is 2.33. The van der Waals surface area contributed by atoms with Crippen molar-refractivity contribution >= 4 is 33.1 Å². The lowest BCUT2D eigenvalue weighted by molar-refractivity contribution is 0.946. The molecule has 2 heterocycles. The van der Waals surface area contributed by atoms with E-state index in [1.165, 1.54) is 0 Å². The van der Waals surface area contributed by atoms with E-state index >= 15 is 0 Å². The van der Waals surface area contributed by atoms with Gasteiger partial charge in [-0.05, 0) is 27.4 Å². The number of hydrogen-bond acceptors (Lipinski definition) is 4. The van der Waals surface area contributed by atoms with Crippen LogP contribution >= 0.6 is 27.3 Å². The van der Waals surface area contributed by atoms with E-state index in [-0.39, 0.29) is 0 Å². The fourth-order valence-corrected chi connectivity index (χ4v) is 2.91. The monoisotopic (exact) mass is 297 g/mol. The first-order valence-corrected chi connectivity index (χ1v) is 6.71. The fourth-order valence-electron chi connectivity index (χ4n) is 1.38. The molecule has 0 unspecified atom stereocenters. The van der Waals surface area contributed by atoms with Crippen LogP contribution in [0.1, 0.15) is 12.7 Å². The van der Waals surface area contributed by atoms with Gasteiger partial charge in [0.15, 0.2) is 0 Å². The van der Waals surface area contributed by atoms with E-state index in [0.717, 1.165) is 33.1 Å². The summed E-state index contributed by atoms with van der Waals surface area (Å²) in [6.07, 6.45) is 0.839. The Kier molecular flexibility index (Phi) is 3.56. The molecule has 0 aliphatic rings. The highest BCUT2D eigenvalue weighted by molar-refractivity contribution is 9.10. The van der Waals surface area contributed by atoms with Crippen molar-refractivity contribution < 1.29 is 0 Å². The molecular formula is C11H12BrN3S. The standard InChI is InChI=1S/C11H12BrN3S/c1-3-9-14-8(6-10(13-2)15-9)11-7(12)4-5-16-11/h4-6H,3H2,1-2H3,(H,13,14,15). The second-order valence-electron chi connectivity index (χ2n) is 3.26. The van der Waals surface area contributed by atoms with Gasteiger partial charge in [0.1, 0.15) is 11.6 Å². The molecule has 0 saturated heterocycles. The molecule has 0 radical (unpaired) electrons. The zero-order chi connectivity index (χ0) is 11.5. The van der Waals surface area contributed by atoms with Crippen molar-refractivity contribution in [1.29, 1.82) is 0 Å². The molecule has 84 valence electrons. The summed E-state index contributed by atoms with van der Waals surface area (Å²) in [6.45, 7) is 2.06. The second-order valence-corrected chi connectivity index (χ2v) is 5.03. The predicted molar refractivity (Wildman–Crippen MR) is 72.0 cm³/mol. The molecule has 2 rings (SSSR count). The number of nitrogens with zero attached hydrogens (tertiary/aromatic N) is 2. The molecule has 0 amide bonds. The minimum absolute atomic E-state index is 0.839. The lowest BCUT2D eigenvalue weighted by atomic mass is 10.3. The quantitative estimate of drug-likeness (QED) is 0.941. The van der Waals surface area contributed by atoms with E-state index in [1.54, 1.807) is 11.3 Å². The molecule has 16 heavy (non-hydrogen) atoms. The van der Waals surface area contributed by atoms with Gasteiger partial charge in [-0.3, -0.25) is 0 Å². The maximum Gasteiger partial charge on any atom is 0.131 e. The van der Waals surface area contributed by atoms with E-state index in [4.69, 9.17) is 0 Å². The summed E-state index contributed by atoms with van der Waals surface area (Å²) in [5, 5.41) is 5.11. The van der Waals surface area contributed by atoms with Crippen molar-refractivity contribution in [3.63, 3.8) is 0 Å². The summed E-state index contributed by atoms with van der Waals surface area (Å²) in [4.78, 5) is 10.1. The van der Waals surface area contributed by atoms with Crippen LogP contribution in [0.4, 0.5) is 5.82 Å². The minimum Gasteiger partial charge on any atom is -0.373 e. The van der Waals surface area contributed by atoms with Crippen LogP contribution in [0.2, 0.25) is 0 Å². The third kappa shape index (κ3) is 2.25. The fraction of sp³-hybridized carbons (Fsp3) is 0.273. The SMILES string of the molecule is CCc1nc(NC)cc(-c2sccc2Br)n1. The van der Waals surface area contributed by atoms with Gasteiger partial charge in [0.2, 0.25) is 0 Å². The highest BCUT2D eigenvalue weighted by Gasteiger charge is 2.09. The Balaban J connectivity index is 2.52.